The molecular formula is C21H26O7. The molecule has 0 saturated heterocycles. The van der Waals surface area contributed by atoms with Crippen molar-refractivity contribution in [1.82, 2.24) is 0 Å². The van der Waals surface area contributed by atoms with Crippen LogP contribution < -0.4 is 0 Å². The van der Waals surface area contributed by atoms with Crippen LogP contribution in [0.2, 0.25) is 0 Å². The molecule has 0 fully saturated rings. The van der Waals surface area contributed by atoms with Crippen LogP contribution in [0.3, 0.4) is 0 Å². The van der Waals surface area contributed by atoms with Gasteiger partial charge in [0.2, 0.25) is 0 Å². The van der Waals surface area contributed by atoms with Crippen molar-refractivity contribution < 1.29 is 33.7 Å². The van der Waals surface area contributed by atoms with Crippen molar-refractivity contribution in [3.63, 3.8) is 0 Å². The van der Waals surface area contributed by atoms with Gasteiger partial charge in [0, 0.05) is 12.8 Å². The minimum absolute atomic E-state index is 0.00469. The zero-order valence-electron chi connectivity index (χ0n) is 15.8. The molecule has 0 spiro atoms. The Balaban J connectivity index is 1.50. The minimum Gasteiger partial charge on any atom is -0.512 e. The number of aliphatic hydroxyl groups is 2. The summed E-state index contributed by atoms with van der Waals surface area (Å²) in [6.07, 6.45) is 10.4. The van der Waals surface area contributed by atoms with Crippen molar-refractivity contribution >= 4 is 11.9 Å². The predicted molar refractivity (Wildman–Crippen MR) is 101 cm³/mol. The van der Waals surface area contributed by atoms with E-state index in [0.29, 0.717) is 18.6 Å². The van der Waals surface area contributed by atoms with E-state index in [4.69, 9.17) is 13.9 Å². The second kappa shape index (κ2) is 11.7. The SMILES string of the molecule is O=C(CCCCCCCOC(=O)C1=C(O)C=CCC(O)=C1)OCc1ccco1. The number of unbranched alkanes of at least 4 members (excludes halogenated alkanes) is 4. The van der Waals surface area contributed by atoms with Gasteiger partial charge in [-0.05, 0) is 37.1 Å². The molecule has 0 radical (unpaired) electrons. The molecule has 1 aromatic heterocycles. The van der Waals surface area contributed by atoms with Gasteiger partial charge >= 0.3 is 11.9 Å². The van der Waals surface area contributed by atoms with Crippen LogP contribution >= 0.6 is 0 Å². The molecule has 1 aliphatic carbocycles. The number of carbonyl (C=O) groups excluding carboxylic acids is 2. The lowest BCUT2D eigenvalue weighted by atomic mass is 10.1. The van der Waals surface area contributed by atoms with Crippen LogP contribution in [0.1, 0.15) is 50.7 Å². The van der Waals surface area contributed by atoms with Crippen molar-refractivity contribution in [3.8, 4) is 0 Å². The van der Waals surface area contributed by atoms with Gasteiger partial charge in [0.15, 0.2) is 0 Å². The molecule has 0 aromatic carbocycles. The van der Waals surface area contributed by atoms with E-state index in [2.05, 4.69) is 0 Å². The van der Waals surface area contributed by atoms with Crippen LogP contribution in [0.25, 0.3) is 0 Å². The van der Waals surface area contributed by atoms with Crippen molar-refractivity contribution in [2.75, 3.05) is 6.61 Å². The molecule has 2 N–H and O–H groups in total. The average molecular weight is 390 g/mol. The van der Waals surface area contributed by atoms with Crippen LogP contribution in [0, 0.1) is 0 Å². The van der Waals surface area contributed by atoms with Crippen molar-refractivity contribution in [2.45, 2.75) is 51.6 Å². The fraction of sp³-hybridized carbons (Fsp3) is 0.429. The lowest BCUT2D eigenvalue weighted by Gasteiger charge is -2.07. The smallest absolute Gasteiger partial charge is 0.342 e. The molecule has 7 heteroatoms. The van der Waals surface area contributed by atoms with Gasteiger partial charge in [-0.25, -0.2) is 4.79 Å². The lowest BCUT2D eigenvalue weighted by molar-refractivity contribution is -0.145. The summed E-state index contributed by atoms with van der Waals surface area (Å²) in [5.41, 5.74) is -0.0423. The summed E-state index contributed by atoms with van der Waals surface area (Å²) in [5.74, 6) is -0.498. The van der Waals surface area contributed by atoms with Crippen LogP contribution in [0.5, 0.6) is 0 Å². The van der Waals surface area contributed by atoms with E-state index < -0.39 is 5.97 Å². The predicted octanol–water partition coefficient (Wildman–Crippen LogP) is 4.42. The fourth-order valence-electron chi connectivity index (χ4n) is 2.61. The first-order valence-electron chi connectivity index (χ1n) is 9.40. The molecule has 0 atom stereocenters. The molecule has 2 rings (SSSR count). The topological polar surface area (TPSA) is 106 Å². The van der Waals surface area contributed by atoms with E-state index in [0.717, 1.165) is 25.7 Å². The molecular weight excluding hydrogens is 364 g/mol. The first-order valence-corrected chi connectivity index (χ1v) is 9.40. The number of aliphatic hydroxyl groups excluding tert-OH is 2. The highest BCUT2D eigenvalue weighted by Gasteiger charge is 2.16. The maximum Gasteiger partial charge on any atom is 0.342 e. The summed E-state index contributed by atoms with van der Waals surface area (Å²) in [6, 6.07) is 3.50. The zero-order chi connectivity index (χ0) is 20.2. The van der Waals surface area contributed by atoms with Crippen molar-refractivity contribution in [2.24, 2.45) is 0 Å². The molecule has 0 unspecified atom stereocenters. The number of ether oxygens (including phenoxy) is 2. The van der Waals surface area contributed by atoms with E-state index >= 15 is 0 Å². The minimum atomic E-state index is -0.657. The lowest BCUT2D eigenvalue weighted by Crippen LogP contribution is -2.10. The van der Waals surface area contributed by atoms with Gasteiger partial charge in [0.25, 0.3) is 0 Å². The highest BCUT2D eigenvalue weighted by molar-refractivity contribution is 5.92. The summed E-state index contributed by atoms with van der Waals surface area (Å²) in [6.45, 7) is 0.394. The van der Waals surface area contributed by atoms with Gasteiger partial charge in [-0.1, -0.05) is 25.3 Å². The standard InChI is InChI=1S/C21H26O7/c22-16-8-6-10-19(23)18(14-16)21(25)27-12-5-3-1-2-4-11-20(24)28-15-17-9-7-13-26-17/h6-7,9-10,13-14,22-23H,1-5,8,11-12,15H2. The largest absolute Gasteiger partial charge is 0.512 e. The summed E-state index contributed by atoms with van der Waals surface area (Å²) >= 11 is 0. The number of hydrogen-bond acceptors (Lipinski definition) is 7. The van der Waals surface area contributed by atoms with Crippen LogP contribution in [0.4, 0.5) is 0 Å². The molecule has 28 heavy (non-hydrogen) atoms. The summed E-state index contributed by atoms with van der Waals surface area (Å²) < 4.78 is 15.3. The third-order valence-corrected chi connectivity index (χ3v) is 4.12. The summed E-state index contributed by atoms with van der Waals surface area (Å²) in [5, 5.41) is 19.3. The molecule has 1 aliphatic rings. The van der Waals surface area contributed by atoms with Gasteiger partial charge in [0.1, 0.15) is 23.7 Å². The Bertz CT molecular complexity index is 726. The Labute approximate surface area is 163 Å². The monoisotopic (exact) mass is 390 g/mol. The van der Waals surface area contributed by atoms with E-state index in [1.54, 1.807) is 18.2 Å². The highest BCUT2D eigenvalue weighted by Crippen LogP contribution is 2.16. The van der Waals surface area contributed by atoms with Gasteiger partial charge < -0.3 is 24.1 Å². The molecule has 7 nitrogen and oxygen atoms in total. The third-order valence-electron chi connectivity index (χ3n) is 4.12. The van der Waals surface area contributed by atoms with Gasteiger partial charge in [0.05, 0.1) is 18.6 Å². The van der Waals surface area contributed by atoms with Gasteiger partial charge in [-0.15, -0.1) is 0 Å². The summed E-state index contributed by atoms with van der Waals surface area (Å²) in [4.78, 5) is 23.6. The zero-order valence-corrected chi connectivity index (χ0v) is 15.8. The van der Waals surface area contributed by atoms with Crippen molar-refractivity contribution in [3.05, 3.63) is 59.5 Å². The number of carbonyl (C=O) groups is 2. The average Bonchev–Trinajstić information content (AvgIpc) is 3.13. The molecule has 152 valence electrons. The fourth-order valence-corrected chi connectivity index (χ4v) is 2.61. The Morgan fingerprint density at radius 2 is 1.86 bits per heavy atom. The number of rotatable bonds is 11. The molecule has 0 bridgehead atoms. The Morgan fingerprint density at radius 1 is 1.07 bits per heavy atom. The van der Waals surface area contributed by atoms with E-state index in [9.17, 15) is 19.8 Å². The first-order chi connectivity index (χ1) is 13.6. The molecule has 0 amide bonds. The quantitative estimate of drug-likeness (QED) is 0.425. The van der Waals surface area contributed by atoms with Crippen LogP contribution in [-0.2, 0) is 25.7 Å². The number of esters is 2. The molecule has 1 aromatic rings. The second-order valence-corrected chi connectivity index (χ2v) is 6.43. The van der Waals surface area contributed by atoms with Gasteiger partial charge in [-0.3, -0.25) is 4.79 Å². The molecule has 1 heterocycles. The number of allylic oxidation sites excluding steroid dienone is 2. The van der Waals surface area contributed by atoms with Crippen LogP contribution in [0.15, 0.2) is 58.1 Å². The Hall–Kier alpha value is -2.96. The second-order valence-electron chi connectivity index (χ2n) is 6.43. The highest BCUT2D eigenvalue weighted by atomic mass is 16.5. The van der Waals surface area contributed by atoms with Crippen molar-refractivity contribution in [1.29, 1.82) is 0 Å². The Kier molecular flexibility index (Phi) is 8.91. The van der Waals surface area contributed by atoms with E-state index in [1.807, 2.05) is 0 Å². The number of furan rings is 1. The summed E-state index contributed by atoms with van der Waals surface area (Å²) in [7, 11) is 0. The maximum atomic E-state index is 12.0. The first kappa shape index (κ1) is 21.3. The Morgan fingerprint density at radius 3 is 2.64 bits per heavy atom. The van der Waals surface area contributed by atoms with E-state index in [1.165, 1.54) is 18.4 Å². The molecule has 0 saturated carbocycles. The van der Waals surface area contributed by atoms with Gasteiger partial charge in [-0.2, -0.15) is 0 Å². The molecule has 0 aliphatic heterocycles. The number of hydrogen-bond donors (Lipinski definition) is 2. The van der Waals surface area contributed by atoms with E-state index in [-0.39, 0.29) is 42.7 Å². The third kappa shape index (κ3) is 7.73. The van der Waals surface area contributed by atoms with Crippen LogP contribution in [-0.4, -0.2) is 28.8 Å². The maximum absolute atomic E-state index is 12.0. The normalized spacial score (nSPS) is 13.8.